The Morgan fingerprint density at radius 1 is 1.14 bits per heavy atom. The number of nitrogen functional groups attached to an aromatic ring is 1. The van der Waals surface area contributed by atoms with Crippen molar-refractivity contribution in [1.29, 1.82) is 0 Å². The highest BCUT2D eigenvalue weighted by Crippen LogP contribution is 2.33. The molecule has 6 nitrogen and oxygen atoms in total. The molecule has 29 heavy (non-hydrogen) atoms. The van der Waals surface area contributed by atoms with Crippen molar-refractivity contribution in [2.45, 2.75) is 26.2 Å². The summed E-state index contributed by atoms with van der Waals surface area (Å²) in [5.41, 5.74) is 11.8. The van der Waals surface area contributed by atoms with E-state index in [4.69, 9.17) is 15.2 Å². The van der Waals surface area contributed by atoms with Crippen molar-refractivity contribution < 1.29 is 14.3 Å². The van der Waals surface area contributed by atoms with Crippen molar-refractivity contribution in [2.75, 3.05) is 25.5 Å². The molecule has 1 fully saturated rings. The van der Waals surface area contributed by atoms with E-state index in [0.29, 0.717) is 44.4 Å². The van der Waals surface area contributed by atoms with E-state index >= 15 is 0 Å². The van der Waals surface area contributed by atoms with Crippen LogP contribution in [0.3, 0.4) is 0 Å². The molecule has 0 bridgehead atoms. The molecule has 0 saturated carbocycles. The summed E-state index contributed by atoms with van der Waals surface area (Å²) >= 11 is 0. The molecule has 3 heterocycles. The molecule has 2 aliphatic rings. The maximum absolute atomic E-state index is 13.5. The van der Waals surface area contributed by atoms with Crippen molar-refractivity contribution in [3.63, 3.8) is 0 Å². The minimum atomic E-state index is -0.0910. The molecule has 0 radical (unpaired) electrons. The maximum atomic E-state index is 13.5. The van der Waals surface area contributed by atoms with Gasteiger partial charge >= 0.3 is 0 Å². The number of aryl methyl sites for hydroxylation is 1. The Hall–Kier alpha value is -2.96. The molecule has 0 aliphatic carbocycles. The van der Waals surface area contributed by atoms with Gasteiger partial charge in [0.05, 0.1) is 38.0 Å². The molecule has 2 aromatic carbocycles. The molecule has 6 heteroatoms. The highest BCUT2D eigenvalue weighted by molar-refractivity contribution is 5.99. The van der Waals surface area contributed by atoms with E-state index in [1.165, 1.54) is 0 Å². The summed E-state index contributed by atoms with van der Waals surface area (Å²) in [6.45, 7) is 4.66. The Kier molecular flexibility index (Phi) is 4.45. The molecule has 1 saturated heterocycles. The second kappa shape index (κ2) is 7.13. The average Bonchev–Trinajstić information content (AvgIpc) is 3.25. The first-order valence-corrected chi connectivity index (χ1v) is 9.86. The SMILES string of the molecule is Cc1ccccc1C1COCCN1C(=O)c1ccc2nc(N)c3c(c2c1)COC3. The predicted octanol–water partition coefficient (Wildman–Crippen LogP) is 3.37. The highest BCUT2D eigenvalue weighted by atomic mass is 16.5. The van der Waals surface area contributed by atoms with Gasteiger partial charge in [-0.2, -0.15) is 0 Å². The zero-order valence-electron chi connectivity index (χ0n) is 16.4. The van der Waals surface area contributed by atoms with Crippen molar-refractivity contribution in [2.24, 2.45) is 0 Å². The fourth-order valence-electron chi connectivity index (χ4n) is 4.33. The van der Waals surface area contributed by atoms with Gasteiger partial charge in [0.15, 0.2) is 0 Å². The standard InChI is InChI=1S/C23H23N3O3/c1-14-4-2-3-5-16(14)21-13-28-9-8-26(21)23(27)15-6-7-20-17(10-15)18-11-29-12-19(18)22(24)25-20/h2-7,10,21H,8-9,11-13H2,1H3,(H2,24,25). The number of aromatic nitrogens is 1. The van der Waals surface area contributed by atoms with Crippen molar-refractivity contribution in [3.8, 4) is 0 Å². The summed E-state index contributed by atoms with van der Waals surface area (Å²) in [4.78, 5) is 19.9. The second-order valence-electron chi connectivity index (χ2n) is 7.62. The molecule has 1 amide bonds. The zero-order valence-corrected chi connectivity index (χ0v) is 16.4. The van der Waals surface area contributed by atoms with Gasteiger partial charge in [0.25, 0.3) is 5.91 Å². The lowest BCUT2D eigenvalue weighted by Gasteiger charge is -2.36. The smallest absolute Gasteiger partial charge is 0.254 e. The molecule has 2 aliphatic heterocycles. The van der Waals surface area contributed by atoms with E-state index in [0.717, 1.165) is 33.2 Å². The number of nitrogens with two attached hydrogens (primary N) is 1. The van der Waals surface area contributed by atoms with Gasteiger partial charge < -0.3 is 20.1 Å². The number of amides is 1. The van der Waals surface area contributed by atoms with Crippen LogP contribution in [-0.4, -0.2) is 35.5 Å². The van der Waals surface area contributed by atoms with Crippen molar-refractivity contribution in [3.05, 3.63) is 70.3 Å². The Morgan fingerprint density at radius 2 is 1.97 bits per heavy atom. The molecule has 2 N–H and O–H groups in total. The monoisotopic (exact) mass is 389 g/mol. The lowest BCUT2D eigenvalue weighted by atomic mass is 9.98. The number of ether oxygens (including phenoxy) is 2. The van der Waals surface area contributed by atoms with Gasteiger partial charge in [-0.15, -0.1) is 0 Å². The van der Waals surface area contributed by atoms with E-state index in [2.05, 4.69) is 24.0 Å². The van der Waals surface area contributed by atoms with E-state index in [1.54, 1.807) is 0 Å². The third-order valence-electron chi connectivity index (χ3n) is 5.91. The third-order valence-corrected chi connectivity index (χ3v) is 5.91. The third kappa shape index (κ3) is 3.05. The van der Waals surface area contributed by atoms with E-state index in [1.807, 2.05) is 35.2 Å². The van der Waals surface area contributed by atoms with Crippen LogP contribution >= 0.6 is 0 Å². The van der Waals surface area contributed by atoms with E-state index in [-0.39, 0.29) is 11.9 Å². The van der Waals surface area contributed by atoms with Crippen LogP contribution in [0.15, 0.2) is 42.5 Å². The van der Waals surface area contributed by atoms with Crippen LogP contribution in [0, 0.1) is 6.92 Å². The number of carbonyl (C=O) groups is 1. The first-order valence-electron chi connectivity index (χ1n) is 9.86. The van der Waals surface area contributed by atoms with Crippen LogP contribution in [0.5, 0.6) is 0 Å². The van der Waals surface area contributed by atoms with Gasteiger partial charge in [-0.1, -0.05) is 24.3 Å². The summed E-state index contributed by atoms with van der Waals surface area (Å²) in [6, 6.07) is 13.7. The first kappa shape index (κ1) is 18.1. The number of nitrogens with zero attached hydrogens (tertiary/aromatic N) is 2. The number of fused-ring (bicyclic) bond motifs is 3. The summed E-state index contributed by atoms with van der Waals surface area (Å²) in [5.74, 6) is 0.518. The van der Waals surface area contributed by atoms with Crippen LogP contribution < -0.4 is 5.73 Å². The second-order valence-corrected chi connectivity index (χ2v) is 7.62. The van der Waals surface area contributed by atoms with Gasteiger partial charge in [-0.05, 0) is 41.8 Å². The van der Waals surface area contributed by atoms with Crippen LogP contribution in [0.25, 0.3) is 10.9 Å². The van der Waals surface area contributed by atoms with Crippen LogP contribution in [0.1, 0.15) is 38.7 Å². The molecule has 3 aromatic rings. The lowest BCUT2D eigenvalue weighted by Crippen LogP contribution is -2.43. The topological polar surface area (TPSA) is 77.7 Å². The van der Waals surface area contributed by atoms with Gasteiger partial charge in [-0.3, -0.25) is 4.79 Å². The molecule has 1 unspecified atom stereocenters. The molecular weight excluding hydrogens is 366 g/mol. The molecule has 5 rings (SSSR count). The zero-order chi connectivity index (χ0) is 20.0. The number of morpholine rings is 1. The van der Waals surface area contributed by atoms with Crippen molar-refractivity contribution in [1.82, 2.24) is 9.88 Å². The average molecular weight is 389 g/mol. The lowest BCUT2D eigenvalue weighted by molar-refractivity contribution is -0.00285. The number of hydrogen-bond donors (Lipinski definition) is 1. The number of hydrogen-bond acceptors (Lipinski definition) is 5. The fourth-order valence-corrected chi connectivity index (χ4v) is 4.33. The normalized spacial score (nSPS) is 18.8. The van der Waals surface area contributed by atoms with Gasteiger partial charge in [0, 0.05) is 23.1 Å². The largest absolute Gasteiger partial charge is 0.383 e. The van der Waals surface area contributed by atoms with Crippen molar-refractivity contribution >= 4 is 22.6 Å². The van der Waals surface area contributed by atoms with Gasteiger partial charge in [0.1, 0.15) is 5.82 Å². The Balaban J connectivity index is 1.54. The number of benzene rings is 2. The van der Waals surface area contributed by atoms with Gasteiger partial charge in [-0.25, -0.2) is 4.98 Å². The summed E-state index contributed by atoms with van der Waals surface area (Å²) < 4.78 is 11.3. The maximum Gasteiger partial charge on any atom is 0.254 e. The Morgan fingerprint density at radius 3 is 2.83 bits per heavy atom. The van der Waals surface area contributed by atoms with Crippen LogP contribution in [0.4, 0.5) is 5.82 Å². The minimum Gasteiger partial charge on any atom is -0.383 e. The summed E-state index contributed by atoms with van der Waals surface area (Å²) in [6.07, 6.45) is 0. The molecule has 0 spiro atoms. The number of pyridine rings is 1. The Labute approximate surface area is 169 Å². The number of anilines is 1. The molecular formula is C23H23N3O3. The summed E-state index contributed by atoms with van der Waals surface area (Å²) in [5, 5.41) is 0.943. The highest BCUT2D eigenvalue weighted by Gasteiger charge is 2.30. The minimum absolute atomic E-state index is 0.00735. The summed E-state index contributed by atoms with van der Waals surface area (Å²) in [7, 11) is 0. The quantitative estimate of drug-likeness (QED) is 0.727. The predicted molar refractivity (Wildman–Crippen MR) is 110 cm³/mol. The molecule has 148 valence electrons. The first-order chi connectivity index (χ1) is 14.1. The molecule has 1 aromatic heterocycles. The number of carbonyl (C=O) groups excluding carboxylic acids is 1. The molecule has 1 atom stereocenters. The van der Waals surface area contributed by atoms with Crippen LogP contribution in [0.2, 0.25) is 0 Å². The van der Waals surface area contributed by atoms with E-state index in [9.17, 15) is 4.79 Å². The fraction of sp³-hybridized carbons (Fsp3) is 0.304. The number of rotatable bonds is 2. The van der Waals surface area contributed by atoms with Crippen LogP contribution in [-0.2, 0) is 22.7 Å². The van der Waals surface area contributed by atoms with E-state index < -0.39 is 0 Å². The van der Waals surface area contributed by atoms with Gasteiger partial charge in [0.2, 0.25) is 0 Å². The Bertz CT molecular complexity index is 1110.